The Labute approximate surface area is 140 Å². The molecule has 4 nitrogen and oxygen atoms in total. The molecule has 0 atom stereocenters. The Kier molecular flexibility index (Phi) is 5.31. The number of carbonyl (C=O) groups excluding carboxylic acids is 1. The molecule has 5 heteroatoms. The number of nitrogens with zero attached hydrogens (tertiary/aromatic N) is 1. The maximum atomic E-state index is 12.4. The molecule has 0 radical (unpaired) electrons. The number of benzene rings is 1. The fraction of sp³-hybridized carbons (Fsp3) is 0.333. The van der Waals surface area contributed by atoms with E-state index in [-0.39, 0.29) is 12.5 Å². The summed E-state index contributed by atoms with van der Waals surface area (Å²) in [4.78, 5) is 16.6. The summed E-state index contributed by atoms with van der Waals surface area (Å²) < 4.78 is 0. The molecule has 0 saturated heterocycles. The normalized spacial score (nSPS) is 12.9. The zero-order valence-corrected chi connectivity index (χ0v) is 13.7. The van der Waals surface area contributed by atoms with Crippen LogP contribution in [0.15, 0.2) is 36.5 Å². The number of aliphatic hydroxyl groups is 1. The van der Waals surface area contributed by atoms with Crippen molar-refractivity contribution in [2.24, 2.45) is 0 Å². The molecule has 2 aromatic rings. The van der Waals surface area contributed by atoms with Crippen molar-refractivity contribution < 1.29 is 9.90 Å². The number of hydrogen-bond acceptors (Lipinski definition) is 4. The van der Waals surface area contributed by atoms with Crippen LogP contribution in [0.25, 0.3) is 0 Å². The van der Waals surface area contributed by atoms with Crippen LogP contribution in [-0.2, 0) is 18.6 Å². The largest absolute Gasteiger partial charge is 0.396 e. The standard InChI is InChI=1S/C18H20N2O2S/c21-8-9-23-12-13-6-7-19-17(10-13)20-18(22)16-5-4-14-2-1-3-15(14)11-16/h4-7,10-11,21H,1-3,8-9,12H2,(H,19,20,22). The maximum Gasteiger partial charge on any atom is 0.256 e. The summed E-state index contributed by atoms with van der Waals surface area (Å²) in [6.07, 6.45) is 5.06. The van der Waals surface area contributed by atoms with E-state index in [0.29, 0.717) is 17.1 Å². The van der Waals surface area contributed by atoms with Crippen LogP contribution in [0.4, 0.5) is 5.82 Å². The van der Waals surface area contributed by atoms with E-state index in [1.165, 1.54) is 17.5 Å². The van der Waals surface area contributed by atoms with Crippen LogP contribution in [0.3, 0.4) is 0 Å². The molecule has 120 valence electrons. The molecule has 1 aliphatic carbocycles. The summed E-state index contributed by atoms with van der Waals surface area (Å²) in [5, 5.41) is 11.7. The molecule has 2 N–H and O–H groups in total. The summed E-state index contributed by atoms with van der Waals surface area (Å²) in [6.45, 7) is 0.178. The predicted molar refractivity (Wildman–Crippen MR) is 93.9 cm³/mol. The highest BCUT2D eigenvalue weighted by Crippen LogP contribution is 2.23. The first-order valence-corrected chi connectivity index (χ1v) is 8.98. The quantitative estimate of drug-likeness (QED) is 0.800. The Morgan fingerprint density at radius 1 is 1.22 bits per heavy atom. The molecule has 0 spiro atoms. The number of aryl methyl sites for hydroxylation is 2. The molecule has 1 aliphatic rings. The number of amides is 1. The zero-order valence-electron chi connectivity index (χ0n) is 12.9. The Bertz CT molecular complexity index is 703. The number of fused-ring (bicyclic) bond motifs is 1. The van der Waals surface area contributed by atoms with Gasteiger partial charge < -0.3 is 10.4 Å². The first-order chi connectivity index (χ1) is 11.3. The van der Waals surface area contributed by atoms with Crippen molar-refractivity contribution >= 4 is 23.5 Å². The van der Waals surface area contributed by atoms with Crippen molar-refractivity contribution in [3.63, 3.8) is 0 Å². The number of rotatable bonds is 6. The molecular weight excluding hydrogens is 308 g/mol. The van der Waals surface area contributed by atoms with Gasteiger partial charge in [0.15, 0.2) is 0 Å². The molecule has 3 rings (SSSR count). The van der Waals surface area contributed by atoms with E-state index in [1.807, 2.05) is 24.3 Å². The number of thioether (sulfide) groups is 1. The maximum absolute atomic E-state index is 12.4. The highest BCUT2D eigenvalue weighted by Gasteiger charge is 2.14. The highest BCUT2D eigenvalue weighted by molar-refractivity contribution is 7.98. The lowest BCUT2D eigenvalue weighted by molar-refractivity contribution is 0.102. The molecular formula is C18H20N2O2S. The Hall–Kier alpha value is -1.85. The molecule has 1 amide bonds. The number of nitrogens with one attached hydrogen (secondary N) is 1. The van der Waals surface area contributed by atoms with Gasteiger partial charge in [0.25, 0.3) is 5.91 Å². The molecule has 0 bridgehead atoms. The van der Waals surface area contributed by atoms with Crippen LogP contribution in [0.1, 0.15) is 33.5 Å². The second-order valence-electron chi connectivity index (χ2n) is 5.62. The molecule has 0 fully saturated rings. The lowest BCUT2D eigenvalue weighted by Gasteiger charge is -2.08. The van der Waals surface area contributed by atoms with E-state index in [2.05, 4.69) is 16.4 Å². The first kappa shape index (κ1) is 16.0. The second kappa shape index (κ2) is 7.62. The van der Waals surface area contributed by atoms with Gasteiger partial charge in [-0.3, -0.25) is 4.79 Å². The fourth-order valence-electron chi connectivity index (χ4n) is 2.79. The predicted octanol–water partition coefficient (Wildman–Crippen LogP) is 3.05. The molecule has 1 heterocycles. The van der Waals surface area contributed by atoms with Gasteiger partial charge in [-0.15, -0.1) is 0 Å². The molecule has 23 heavy (non-hydrogen) atoms. The van der Waals surface area contributed by atoms with Gasteiger partial charge in [-0.1, -0.05) is 6.07 Å². The summed E-state index contributed by atoms with van der Waals surface area (Å²) in [5.41, 5.74) is 4.43. The van der Waals surface area contributed by atoms with Gasteiger partial charge in [0.1, 0.15) is 5.82 Å². The molecule has 0 saturated carbocycles. The summed E-state index contributed by atoms with van der Waals surface area (Å²) in [6, 6.07) is 9.76. The van der Waals surface area contributed by atoms with Crippen molar-refractivity contribution in [3.05, 3.63) is 58.8 Å². The van der Waals surface area contributed by atoms with Gasteiger partial charge in [-0.25, -0.2) is 4.98 Å². The molecule has 1 aromatic carbocycles. The van der Waals surface area contributed by atoms with Gasteiger partial charge in [0, 0.05) is 23.3 Å². The van der Waals surface area contributed by atoms with Gasteiger partial charge in [0.05, 0.1) is 6.61 Å². The Balaban J connectivity index is 1.66. The number of aromatic nitrogens is 1. The lowest BCUT2D eigenvalue weighted by Crippen LogP contribution is -2.13. The minimum atomic E-state index is -0.118. The van der Waals surface area contributed by atoms with E-state index in [4.69, 9.17) is 5.11 Å². The van der Waals surface area contributed by atoms with Gasteiger partial charge in [0.2, 0.25) is 0 Å². The number of hydrogen-bond donors (Lipinski definition) is 2. The van der Waals surface area contributed by atoms with Crippen molar-refractivity contribution in [1.82, 2.24) is 4.98 Å². The van der Waals surface area contributed by atoms with Crippen LogP contribution in [-0.4, -0.2) is 28.4 Å². The second-order valence-corrected chi connectivity index (χ2v) is 6.72. The number of anilines is 1. The Morgan fingerprint density at radius 2 is 2.09 bits per heavy atom. The molecule has 1 aromatic heterocycles. The zero-order chi connectivity index (χ0) is 16.1. The van der Waals surface area contributed by atoms with Crippen LogP contribution >= 0.6 is 11.8 Å². The fourth-order valence-corrected chi connectivity index (χ4v) is 3.48. The van der Waals surface area contributed by atoms with Crippen LogP contribution in [0, 0.1) is 0 Å². The van der Waals surface area contributed by atoms with E-state index in [9.17, 15) is 4.79 Å². The third-order valence-corrected chi connectivity index (χ3v) is 4.94. The van der Waals surface area contributed by atoms with E-state index < -0.39 is 0 Å². The third kappa shape index (κ3) is 4.12. The average molecular weight is 328 g/mol. The van der Waals surface area contributed by atoms with Crippen LogP contribution in [0.5, 0.6) is 0 Å². The van der Waals surface area contributed by atoms with Gasteiger partial charge >= 0.3 is 0 Å². The van der Waals surface area contributed by atoms with E-state index in [1.54, 1.807) is 18.0 Å². The molecule has 0 aliphatic heterocycles. The summed E-state index contributed by atoms with van der Waals surface area (Å²) in [7, 11) is 0. The summed E-state index contributed by atoms with van der Waals surface area (Å²) in [5.74, 6) is 1.95. The van der Waals surface area contributed by atoms with E-state index >= 15 is 0 Å². The SMILES string of the molecule is O=C(Nc1cc(CSCCO)ccn1)c1ccc2c(c1)CCC2. The van der Waals surface area contributed by atoms with Gasteiger partial charge in [-0.05, 0) is 60.2 Å². The minimum Gasteiger partial charge on any atom is -0.396 e. The number of aliphatic hydroxyl groups excluding tert-OH is 1. The van der Waals surface area contributed by atoms with Crippen molar-refractivity contribution in [2.75, 3.05) is 17.7 Å². The molecule has 0 unspecified atom stereocenters. The minimum absolute atomic E-state index is 0.118. The number of pyridine rings is 1. The van der Waals surface area contributed by atoms with Crippen molar-refractivity contribution in [2.45, 2.75) is 25.0 Å². The third-order valence-electron chi connectivity index (χ3n) is 3.93. The van der Waals surface area contributed by atoms with E-state index in [0.717, 1.165) is 24.2 Å². The first-order valence-electron chi connectivity index (χ1n) is 7.83. The monoisotopic (exact) mass is 328 g/mol. The van der Waals surface area contributed by atoms with Gasteiger partial charge in [-0.2, -0.15) is 11.8 Å². The van der Waals surface area contributed by atoms with Crippen molar-refractivity contribution in [1.29, 1.82) is 0 Å². The lowest BCUT2D eigenvalue weighted by atomic mass is 10.1. The summed E-state index contributed by atoms with van der Waals surface area (Å²) >= 11 is 1.65. The smallest absolute Gasteiger partial charge is 0.256 e. The Morgan fingerprint density at radius 3 is 2.96 bits per heavy atom. The number of carbonyl (C=O) groups is 1. The van der Waals surface area contributed by atoms with Crippen molar-refractivity contribution in [3.8, 4) is 0 Å². The topological polar surface area (TPSA) is 62.2 Å². The average Bonchev–Trinajstić information content (AvgIpc) is 3.03. The van der Waals surface area contributed by atoms with Crippen LogP contribution in [0.2, 0.25) is 0 Å². The highest BCUT2D eigenvalue weighted by atomic mass is 32.2. The van der Waals surface area contributed by atoms with Crippen LogP contribution < -0.4 is 5.32 Å².